The summed E-state index contributed by atoms with van der Waals surface area (Å²) in [6, 6.07) is 0. The average Bonchev–Trinajstić information content (AvgIpc) is 2.34. The first-order valence-corrected chi connectivity index (χ1v) is 8.04. The Morgan fingerprint density at radius 2 is 1.06 bits per heavy atom. The quantitative estimate of drug-likeness (QED) is 0.539. The van der Waals surface area contributed by atoms with Crippen LogP contribution in [0.5, 0.6) is 0 Å². The maximum Gasteiger partial charge on any atom is 0.383 e. The van der Waals surface area contributed by atoms with E-state index < -0.39 is 13.4 Å². The topological polar surface area (TPSA) is 95.2 Å². The Morgan fingerprint density at radius 3 is 1.06 bits per heavy atom. The van der Waals surface area contributed by atoms with Crippen molar-refractivity contribution in [2.24, 2.45) is 0 Å². The lowest BCUT2D eigenvalue weighted by Crippen LogP contribution is -2.26. The molecule has 0 bridgehead atoms. The summed E-state index contributed by atoms with van der Waals surface area (Å²) in [4.78, 5) is 0. The van der Waals surface area contributed by atoms with Crippen LogP contribution in [-0.2, 0) is 0 Å². The second-order valence-corrected chi connectivity index (χ2v) is 9.09. The number of hydrogen-bond acceptors (Lipinski definition) is 4. The first-order chi connectivity index (χ1) is 7.36. The van der Waals surface area contributed by atoms with E-state index in [9.17, 15) is 0 Å². The van der Waals surface area contributed by atoms with Crippen molar-refractivity contribution in [3.8, 4) is 23.9 Å². The summed E-state index contributed by atoms with van der Waals surface area (Å²) >= 11 is 0. The number of nitriles is 4. The Kier molecular flexibility index (Phi) is 8.13. The SMILES string of the molecule is CC[P+](C)(C)CC.N#C[B-](C#N)(C#N)C#N. The van der Waals surface area contributed by atoms with Crippen LogP contribution in [0.3, 0.4) is 0 Å². The maximum atomic E-state index is 8.09. The number of nitrogens with zero attached hydrogens (tertiary/aromatic N) is 4. The van der Waals surface area contributed by atoms with Gasteiger partial charge in [-0.1, -0.05) is 0 Å². The van der Waals surface area contributed by atoms with Crippen LogP contribution in [0.1, 0.15) is 13.8 Å². The van der Waals surface area contributed by atoms with Gasteiger partial charge in [-0.25, -0.2) is 21.0 Å². The van der Waals surface area contributed by atoms with Crippen molar-refractivity contribution in [1.29, 1.82) is 21.0 Å². The molecule has 0 rings (SSSR count). The van der Waals surface area contributed by atoms with Gasteiger partial charge < -0.3 is 0 Å². The standard InChI is InChI=1S/C6H16P.C4BN4/c1-5-7(3,4)6-2;6-1-5(2-7,3-8)4-9/h5-6H2,1-4H3;/q+1;-1. The highest BCUT2D eigenvalue weighted by Crippen LogP contribution is 2.49. The molecule has 16 heavy (non-hydrogen) atoms. The van der Waals surface area contributed by atoms with Gasteiger partial charge in [0.2, 0.25) is 0 Å². The molecule has 0 saturated carbocycles. The summed E-state index contributed by atoms with van der Waals surface area (Å²) < 4.78 is 0. The molecule has 0 aromatic carbocycles. The van der Waals surface area contributed by atoms with Gasteiger partial charge >= 0.3 is 6.15 Å². The number of rotatable bonds is 2. The Labute approximate surface area is 98.3 Å². The molecule has 0 spiro atoms. The highest BCUT2D eigenvalue weighted by Gasteiger charge is 2.22. The summed E-state index contributed by atoms with van der Waals surface area (Å²) in [5.74, 6) is 5.38. The van der Waals surface area contributed by atoms with E-state index in [4.69, 9.17) is 21.0 Å². The lowest BCUT2D eigenvalue weighted by Gasteiger charge is -2.11. The van der Waals surface area contributed by atoms with E-state index in [1.807, 2.05) is 0 Å². The van der Waals surface area contributed by atoms with E-state index in [1.165, 1.54) is 36.2 Å². The fourth-order valence-corrected chi connectivity index (χ4v) is 0.844. The van der Waals surface area contributed by atoms with E-state index in [2.05, 4.69) is 27.2 Å². The van der Waals surface area contributed by atoms with Gasteiger partial charge in [0.25, 0.3) is 0 Å². The summed E-state index contributed by atoms with van der Waals surface area (Å²) in [5.41, 5.74) is 0. The van der Waals surface area contributed by atoms with Gasteiger partial charge in [0.05, 0.1) is 12.3 Å². The molecule has 0 N–H and O–H groups in total. The fraction of sp³-hybridized carbons (Fsp3) is 0.600. The minimum atomic E-state index is -2.72. The fourth-order valence-electron chi connectivity index (χ4n) is 0.397. The first kappa shape index (κ1) is 16.9. The van der Waals surface area contributed by atoms with E-state index in [-0.39, 0.29) is 0 Å². The molecule has 0 unspecified atom stereocenters. The van der Waals surface area contributed by atoms with Crippen LogP contribution in [0.25, 0.3) is 0 Å². The molecular weight excluding hydrogens is 218 g/mol. The van der Waals surface area contributed by atoms with Gasteiger partial charge in [-0.05, 0) is 13.8 Å². The monoisotopic (exact) mass is 234 g/mol. The summed E-state index contributed by atoms with van der Waals surface area (Å²) in [6.45, 7) is 9.40. The number of hydrogen-bond donors (Lipinski definition) is 0. The van der Waals surface area contributed by atoms with Crippen molar-refractivity contribution in [3.05, 3.63) is 0 Å². The van der Waals surface area contributed by atoms with Crippen molar-refractivity contribution in [2.75, 3.05) is 25.7 Å². The average molecular weight is 234 g/mol. The van der Waals surface area contributed by atoms with Crippen molar-refractivity contribution < 1.29 is 0 Å². The molecular formula is C10H16BN4P. The molecule has 0 aliphatic rings. The summed E-state index contributed by atoms with van der Waals surface area (Å²) in [7, 11) is -0.404. The second-order valence-electron chi connectivity index (χ2n) is 3.95. The molecule has 0 aromatic rings. The predicted molar refractivity (Wildman–Crippen MR) is 68.1 cm³/mol. The first-order valence-electron chi connectivity index (χ1n) is 4.99. The van der Waals surface area contributed by atoms with Gasteiger partial charge in [-0.3, -0.25) is 0 Å². The third-order valence-electron chi connectivity index (χ3n) is 2.49. The predicted octanol–water partition coefficient (Wildman–Crippen LogP) is 1.99. The third kappa shape index (κ3) is 6.04. The van der Waals surface area contributed by atoms with Crippen molar-refractivity contribution in [1.82, 2.24) is 0 Å². The Morgan fingerprint density at radius 1 is 0.812 bits per heavy atom. The van der Waals surface area contributed by atoms with Crippen LogP contribution in [0.4, 0.5) is 0 Å². The molecule has 0 saturated heterocycles. The Balaban J connectivity index is 0. The van der Waals surface area contributed by atoms with Gasteiger partial charge in [0.1, 0.15) is 0 Å². The van der Waals surface area contributed by atoms with E-state index in [0.29, 0.717) is 0 Å². The molecule has 0 fully saturated rings. The molecule has 4 nitrogen and oxygen atoms in total. The largest absolute Gasteiger partial charge is 0.383 e. The maximum absolute atomic E-state index is 8.09. The van der Waals surface area contributed by atoms with Gasteiger partial charge in [-0.2, -0.15) is 0 Å². The minimum absolute atomic E-state index is 0.404. The van der Waals surface area contributed by atoms with Crippen LogP contribution in [-0.4, -0.2) is 31.8 Å². The Bertz CT molecular complexity index is 310. The molecule has 0 heterocycles. The van der Waals surface area contributed by atoms with Crippen LogP contribution in [0, 0.1) is 44.9 Å². The smallest absolute Gasteiger partial charge is 0.245 e. The zero-order chi connectivity index (χ0) is 13.2. The zero-order valence-corrected chi connectivity index (χ0v) is 11.1. The molecule has 0 radical (unpaired) electrons. The van der Waals surface area contributed by atoms with Crippen LogP contribution in [0.2, 0.25) is 0 Å². The van der Waals surface area contributed by atoms with Gasteiger partial charge in [0, 0.05) is 20.6 Å². The molecule has 0 aromatic heterocycles. The zero-order valence-electron chi connectivity index (χ0n) is 10.2. The third-order valence-corrected chi connectivity index (χ3v) is 5.91. The Hall–Kier alpha value is -1.55. The molecule has 0 aliphatic heterocycles. The lowest BCUT2D eigenvalue weighted by atomic mass is 9.30. The van der Waals surface area contributed by atoms with Crippen molar-refractivity contribution in [2.45, 2.75) is 13.8 Å². The van der Waals surface area contributed by atoms with Gasteiger partial charge in [-0.15, -0.1) is 23.9 Å². The van der Waals surface area contributed by atoms with Crippen molar-refractivity contribution >= 4 is 13.4 Å². The molecule has 84 valence electrons. The minimum Gasteiger partial charge on any atom is -0.245 e. The molecule has 6 heteroatoms. The van der Waals surface area contributed by atoms with E-state index >= 15 is 0 Å². The normalized spacial score (nSPS) is 9.50. The molecule has 0 aliphatic carbocycles. The van der Waals surface area contributed by atoms with Crippen LogP contribution < -0.4 is 0 Å². The van der Waals surface area contributed by atoms with Gasteiger partial charge in [0.15, 0.2) is 0 Å². The van der Waals surface area contributed by atoms with E-state index in [1.54, 1.807) is 0 Å². The van der Waals surface area contributed by atoms with Crippen LogP contribution >= 0.6 is 7.26 Å². The highest BCUT2D eigenvalue weighted by atomic mass is 31.2. The van der Waals surface area contributed by atoms with E-state index in [0.717, 1.165) is 0 Å². The van der Waals surface area contributed by atoms with Crippen LogP contribution in [0.15, 0.2) is 0 Å². The lowest BCUT2D eigenvalue weighted by molar-refractivity contribution is 1.38. The van der Waals surface area contributed by atoms with Crippen molar-refractivity contribution in [3.63, 3.8) is 0 Å². The summed E-state index contributed by atoms with van der Waals surface area (Å²) in [6.07, 6.45) is 0.0903. The molecule has 0 amide bonds. The summed E-state index contributed by atoms with van der Waals surface area (Å²) in [5, 5.41) is 32.3. The molecule has 0 atom stereocenters. The highest BCUT2D eigenvalue weighted by molar-refractivity contribution is 7.74. The second kappa shape index (κ2) is 7.71.